The van der Waals surface area contributed by atoms with Crippen LogP contribution in [0, 0.1) is 0 Å². The fourth-order valence-corrected chi connectivity index (χ4v) is 0.487. The third-order valence-corrected chi connectivity index (χ3v) is 0.849. The molecular formula is C7H9F3O. The van der Waals surface area contributed by atoms with Crippen LogP contribution >= 0.6 is 0 Å². The molecule has 11 heavy (non-hydrogen) atoms. The lowest BCUT2D eigenvalue weighted by Gasteiger charge is -2.08. The Labute approximate surface area is 63.2 Å². The number of rotatable bonds is 2. The summed E-state index contributed by atoms with van der Waals surface area (Å²) in [6, 6.07) is 0. The standard InChI is InChI=1S/C7H9F3O/c1-3-5-6(4-2)11-7(8,9)10/h3-5H,1-2H3. The normalized spacial score (nSPS) is 14.1. The number of hydrogen-bond donors (Lipinski definition) is 0. The fourth-order valence-electron chi connectivity index (χ4n) is 0.487. The predicted octanol–water partition coefficient (Wildman–Crippen LogP) is 3.00. The largest absolute Gasteiger partial charge is 0.573 e. The summed E-state index contributed by atoms with van der Waals surface area (Å²) in [5.41, 5.74) is 0. The highest BCUT2D eigenvalue weighted by Crippen LogP contribution is 2.20. The smallest absolute Gasteiger partial charge is 0.406 e. The Hall–Kier alpha value is -0.930. The molecule has 0 aliphatic carbocycles. The molecule has 0 fully saturated rings. The lowest BCUT2D eigenvalue weighted by molar-refractivity contribution is -0.303. The molecule has 0 radical (unpaired) electrons. The van der Waals surface area contributed by atoms with Gasteiger partial charge in [-0.2, -0.15) is 0 Å². The minimum absolute atomic E-state index is 0.194. The number of halogens is 3. The van der Waals surface area contributed by atoms with E-state index in [0.717, 1.165) is 0 Å². The molecule has 0 aromatic carbocycles. The van der Waals surface area contributed by atoms with Crippen molar-refractivity contribution in [3.05, 3.63) is 24.0 Å². The summed E-state index contributed by atoms with van der Waals surface area (Å²) in [4.78, 5) is 0. The van der Waals surface area contributed by atoms with Gasteiger partial charge in [-0.1, -0.05) is 6.08 Å². The van der Waals surface area contributed by atoms with E-state index in [1.807, 2.05) is 0 Å². The average molecular weight is 166 g/mol. The van der Waals surface area contributed by atoms with Crippen molar-refractivity contribution in [2.45, 2.75) is 20.2 Å². The van der Waals surface area contributed by atoms with Crippen LogP contribution in [0.2, 0.25) is 0 Å². The van der Waals surface area contributed by atoms with Crippen molar-refractivity contribution in [3.8, 4) is 0 Å². The summed E-state index contributed by atoms with van der Waals surface area (Å²) in [5, 5.41) is 0. The van der Waals surface area contributed by atoms with E-state index in [9.17, 15) is 13.2 Å². The highest BCUT2D eigenvalue weighted by atomic mass is 19.4. The summed E-state index contributed by atoms with van der Waals surface area (Å²) in [6.45, 7) is 3.09. The van der Waals surface area contributed by atoms with Gasteiger partial charge in [0.25, 0.3) is 0 Å². The van der Waals surface area contributed by atoms with Crippen molar-refractivity contribution < 1.29 is 17.9 Å². The van der Waals surface area contributed by atoms with Gasteiger partial charge in [0.2, 0.25) is 0 Å². The van der Waals surface area contributed by atoms with Gasteiger partial charge in [-0.05, 0) is 26.0 Å². The number of allylic oxidation sites excluding steroid dienone is 3. The predicted molar refractivity (Wildman–Crippen MR) is 35.7 cm³/mol. The summed E-state index contributed by atoms with van der Waals surface area (Å²) in [7, 11) is 0. The molecule has 0 spiro atoms. The van der Waals surface area contributed by atoms with Crippen molar-refractivity contribution in [2.24, 2.45) is 0 Å². The topological polar surface area (TPSA) is 9.23 Å². The van der Waals surface area contributed by atoms with Crippen LogP contribution in [-0.4, -0.2) is 6.36 Å². The molecule has 0 N–H and O–H groups in total. The van der Waals surface area contributed by atoms with Crippen molar-refractivity contribution in [1.82, 2.24) is 0 Å². The molecule has 0 aliphatic heterocycles. The molecule has 0 saturated carbocycles. The second-order valence-electron chi connectivity index (χ2n) is 1.74. The minimum Gasteiger partial charge on any atom is -0.406 e. The van der Waals surface area contributed by atoms with Crippen LogP contribution < -0.4 is 0 Å². The van der Waals surface area contributed by atoms with Crippen LogP contribution in [0.15, 0.2) is 24.0 Å². The third kappa shape index (κ3) is 5.51. The molecule has 4 heteroatoms. The zero-order valence-electron chi connectivity index (χ0n) is 6.27. The molecular weight excluding hydrogens is 157 g/mol. The van der Waals surface area contributed by atoms with Crippen LogP contribution in [0.5, 0.6) is 0 Å². The van der Waals surface area contributed by atoms with E-state index < -0.39 is 6.36 Å². The zero-order chi connectivity index (χ0) is 8.91. The molecule has 0 saturated heterocycles. The van der Waals surface area contributed by atoms with E-state index in [-0.39, 0.29) is 5.76 Å². The van der Waals surface area contributed by atoms with E-state index in [1.165, 1.54) is 25.2 Å². The molecule has 0 heterocycles. The first kappa shape index (κ1) is 10.1. The van der Waals surface area contributed by atoms with E-state index in [2.05, 4.69) is 4.74 Å². The number of ether oxygens (including phenoxy) is 1. The van der Waals surface area contributed by atoms with Crippen LogP contribution in [0.3, 0.4) is 0 Å². The molecule has 0 bridgehead atoms. The summed E-state index contributed by atoms with van der Waals surface area (Å²) >= 11 is 0. The van der Waals surface area contributed by atoms with Gasteiger partial charge in [0.05, 0.1) is 0 Å². The Kier molecular flexibility index (Phi) is 3.71. The lowest BCUT2D eigenvalue weighted by Crippen LogP contribution is -2.11. The molecule has 0 atom stereocenters. The molecule has 1 nitrogen and oxygen atoms in total. The van der Waals surface area contributed by atoms with Gasteiger partial charge in [0.15, 0.2) is 0 Å². The van der Waals surface area contributed by atoms with Crippen molar-refractivity contribution >= 4 is 0 Å². The van der Waals surface area contributed by atoms with Crippen LogP contribution in [0.1, 0.15) is 13.8 Å². The highest BCUT2D eigenvalue weighted by molar-refractivity contribution is 5.09. The Bertz CT molecular complexity index is 167. The second kappa shape index (κ2) is 4.05. The summed E-state index contributed by atoms with van der Waals surface area (Å²) in [6.07, 6.45) is -0.636. The maximum atomic E-state index is 11.5. The van der Waals surface area contributed by atoms with Gasteiger partial charge in [0.1, 0.15) is 5.76 Å². The number of alkyl halides is 3. The van der Waals surface area contributed by atoms with Crippen molar-refractivity contribution in [3.63, 3.8) is 0 Å². The Morgan fingerprint density at radius 1 is 1.27 bits per heavy atom. The Balaban J connectivity index is 4.12. The van der Waals surface area contributed by atoms with Crippen LogP contribution in [0.4, 0.5) is 13.2 Å². The monoisotopic (exact) mass is 166 g/mol. The van der Waals surface area contributed by atoms with E-state index in [4.69, 9.17) is 0 Å². The number of hydrogen-bond acceptors (Lipinski definition) is 1. The first-order valence-corrected chi connectivity index (χ1v) is 3.04. The first-order valence-electron chi connectivity index (χ1n) is 3.04. The summed E-state index contributed by atoms with van der Waals surface area (Å²) < 4.78 is 38.2. The van der Waals surface area contributed by atoms with Gasteiger partial charge in [-0.25, -0.2) is 0 Å². The average Bonchev–Trinajstić information content (AvgIpc) is 1.84. The Morgan fingerprint density at radius 3 is 2.09 bits per heavy atom. The first-order chi connectivity index (χ1) is 4.99. The Morgan fingerprint density at radius 2 is 1.82 bits per heavy atom. The maximum Gasteiger partial charge on any atom is 0.573 e. The SMILES string of the molecule is CC=CC(=CC)OC(F)(F)F. The van der Waals surface area contributed by atoms with Crippen molar-refractivity contribution in [2.75, 3.05) is 0 Å². The molecule has 64 valence electrons. The molecule has 0 aromatic heterocycles. The van der Waals surface area contributed by atoms with E-state index in [0.29, 0.717) is 0 Å². The molecule has 0 aromatic rings. The molecule has 0 aliphatic rings. The second-order valence-corrected chi connectivity index (χ2v) is 1.74. The van der Waals surface area contributed by atoms with Gasteiger partial charge in [-0.3, -0.25) is 0 Å². The van der Waals surface area contributed by atoms with Gasteiger partial charge in [0, 0.05) is 0 Å². The quantitative estimate of drug-likeness (QED) is 0.452. The minimum atomic E-state index is -4.60. The van der Waals surface area contributed by atoms with Crippen LogP contribution in [-0.2, 0) is 4.74 Å². The molecule has 0 amide bonds. The van der Waals surface area contributed by atoms with E-state index >= 15 is 0 Å². The van der Waals surface area contributed by atoms with Gasteiger partial charge >= 0.3 is 6.36 Å². The maximum absolute atomic E-state index is 11.5. The van der Waals surface area contributed by atoms with Gasteiger partial charge in [-0.15, -0.1) is 13.2 Å². The van der Waals surface area contributed by atoms with Crippen LogP contribution in [0.25, 0.3) is 0 Å². The van der Waals surface area contributed by atoms with E-state index in [1.54, 1.807) is 6.92 Å². The lowest BCUT2D eigenvalue weighted by atomic mass is 10.4. The zero-order valence-corrected chi connectivity index (χ0v) is 6.27. The third-order valence-electron chi connectivity index (χ3n) is 0.849. The summed E-state index contributed by atoms with van der Waals surface area (Å²) in [5.74, 6) is -0.194. The fraction of sp³-hybridized carbons (Fsp3) is 0.429. The molecule has 0 rings (SSSR count). The van der Waals surface area contributed by atoms with Crippen molar-refractivity contribution in [1.29, 1.82) is 0 Å². The molecule has 0 unspecified atom stereocenters. The highest BCUT2D eigenvalue weighted by Gasteiger charge is 2.31. The van der Waals surface area contributed by atoms with Gasteiger partial charge < -0.3 is 4.74 Å².